The van der Waals surface area contributed by atoms with Crippen molar-refractivity contribution in [3.8, 4) is 0 Å². The van der Waals surface area contributed by atoms with Crippen molar-refractivity contribution < 1.29 is 19.1 Å². The minimum Gasteiger partial charge on any atom is -0.467 e. The number of para-hydroxylation sites is 1. The van der Waals surface area contributed by atoms with Crippen LogP contribution in [0.1, 0.15) is 29.3 Å². The number of aromatic nitrogens is 1. The van der Waals surface area contributed by atoms with Crippen LogP contribution in [0.15, 0.2) is 54.7 Å². The van der Waals surface area contributed by atoms with Gasteiger partial charge in [-0.15, -0.1) is 0 Å². The number of rotatable bonds is 7. The average molecular weight is 393 g/mol. The minimum absolute atomic E-state index is 0.144. The highest BCUT2D eigenvalue weighted by atomic mass is 16.5. The van der Waals surface area contributed by atoms with E-state index in [0.29, 0.717) is 17.7 Å². The van der Waals surface area contributed by atoms with Crippen LogP contribution in [-0.2, 0) is 20.7 Å². The lowest BCUT2D eigenvalue weighted by Gasteiger charge is -2.17. The van der Waals surface area contributed by atoms with Gasteiger partial charge >= 0.3 is 5.97 Å². The summed E-state index contributed by atoms with van der Waals surface area (Å²) in [6.45, 7) is 1.75. The molecule has 2 aromatic carbocycles. The van der Waals surface area contributed by atoms with Crippen LogP contribution < -0.4 is 10.6 Å². The Bertz CT molecular complexity index is 1040. The number of esters is 1. The lowest BCUT2D eigenvalue weighted by atomic mass is 10.0. The lowest BCUT2D eigenvalue weighted by Crippen LogP contribution is -2.43. The molecule has 0 aliphatic carbocycles. The number of aromatic amines is 1. The van der Waals surface area contributed by atoms with Gasteiger partial charge in [-0.2, -0.15) is 0 Å². The van der Waals surface area contributed by atoms with Crippen molar-refractivity contribution in [3.05, 3.63) is 65.9 Å². The summed E-state index contributed by atoms with van der Waals surface area (Å²) in [5, 5.41) is 6.44. The monoisotopic (exact) mass is 393 g/mol. The van der Waals surface area contributed by atoms with Crippen LogP contribution in [0.25, 0.3) is 10.9 Å². The molecule has 1 atom stereocenters. The summed E-state index contributed by atoms with van der Waals surface area (Å²) in [4.78, 5) is 39.8. The van der Waals surface area contributed by atoms with Crippen molar-refractivity contribution in [1.29, 1.82) is 0 Å². The highest BCUT2D eigenvalue weighted by Crippen LogP contribution is 2.20. The van der Waals surface area contributed by atoms with Gasteiger partial charge in [0.05, 0.1) is 7.11 Å². The number of hydrogen-bond acceptors (Lipinski definition) is 4. The van der Waals surface area contributed by atoms with Gasteiger partial charge in [0.25, 0.3) is 5.91 Å². The van der Waals surface area contributed by atoms with Gasteiger partial charge in [0.2, 0.25) is 5.91 Å². The summed E-state index contributed by atoms with van der Waals surface area (Å²) >= 11 is 0. The molecule has 7 heteroatoms. The van der Waals surface area contributed by atoms with Crippen molar-refractivity contribution >= 4 is 34.4 Å². The molecule has 0 bridgehead atoms. The van der Waals surface area contributed by atoms with E-state index in [2.05, 4.69) is 15.6 Å². The third kappa shape index (κ3) is 4.82. The Hall–Kier alpha value is -3.61. The number of amides is 2. The summed E-state index contributed by atoms with van der Waals surface area (Å²) in [7, 11) is 1.29. The Morgan fingerprint density at radius 2 is 1.90 bits per heavy atom. The molecule has 0 unspecified atom stereocenters. The molecule has 150 valence electrons. The van der Waals surface area contributed by atoms with E-state index >= 15 is 0 Å². The fraction of sp³-hybridized carbons (Fsp3) is 0.227. The van der Waals surface area contributed by atoms with E-state index in [0.717, 1.165) is 16.5 Å². The van der Waals surface area contributed by atoms with E-state index < -0.39 is 17.9 Å². The Balaban J connectivity index is 1.78. The number of H-pyrrole nitrogens is 1. The zero-order chi connectivity index (χ0) is 20.8. The van der Waals surface area contributed by atoms with Crippen molar-refractivity contribution in [2.45, 2.75) is 25.8 Å². The molecular formula is C22H23N3O4. The van der Waals surface area contributed by atoms with Crippen LogP contribution >= 0.6 is 0 Å². The number of methoxy groups -OCH3 is 1. The number of ether oxygens (including phenoxy) is 1. The number of carbonyl (C=O) groups excluding carboxylic acids is 3. The molecule has 0 aliphatic heterocycles. The molecule has 3 aromatic rings. The van der Waals surface area contributed by atoms with E-state index in [1.54, 1.807) is 31.2 Å². The Labute approximate surface area is 168 Å². The zero-order valence-corrected chi connectivity index (χ0v) is 16.3. The quantitative estimate of drug-likeness (QED) is 0.537. The first kappa shape index (κ1) is 20.1. The summed E-state index contributed by atoms with van der Waals surface area (Å²) < 4.78 is 4.88. The number of benzene rings is 2. The molecule has 0 spiro atoms. The molecule has 1 heterocycles. The molecule has 2 amide bonds. The first-order valence-corrected chi connectivity index (χ1v) is 9.35. The molecule has 7 nitrogen and oxygen atoms in total. The summed E-state index contributed by atoms with van der Waals surface area (Å²) in [6.07, 6.45) is 2.45. The summed E-state index contributed by atoms with van der Waals surface area (Å²) in [6, 6.07) is 13.5. The smallest absolute Gasteiger partial charge is 0.328 e. The van der Waals surface area contributed by atoms with Gasteiger partial charge in [0.15, 0.2) is 0 Å². The van der Waals surface area contributed by atoms with Crippen LogP contribution in [0.5, 0.6) is 0 Å². The maximum Gasteiger partial charge on any atom is 0.328 e. The molecule has 29 heavy (non-hydrogen) atoms. The average Bonchev–Trinajstić information content (AvgIpc) is 3.15. The molecule has 3 N–H and O–H groups in total. The number of fused-ring (bicyclic) bond motifs is 1. The van der Waals surface area contributed by atoms with Gasteiger partial charge in [-0.05, 0) is 29.8 Å². The minimum atomic E-state index is -0.847. The number of nitrogens with one attached hydrogen (secondary N) is 3. The number of anilines is 1. The maximum atomic E-state index is 12.7. The SMILES string of the molecule is CCC(=O)Nc1cccc(C(=O)N[C@H](Cc2c[nH]c3ccccc23)C(=O)OC)c1. The fourth-order valence-electron chi connectivity index (χ4n) is 3.09. The van der Waals surface area contributed by atoms with E-state index in [1.807, 2.05) is 30.5 Å². The second-order valence-electron chi connectivity index (χ2n) is 6.60. The second kappa shape index (κ2) is 9.05. The highest BCUT2D eigenvalue weighted by Gasteiger charge is 2.24. The van der Waals surface area contributed by atoms with Crippen LogP contribution in [0, 0.1) is 0 Å². The van der Waals surface area contributed by atoms with Crippen LogP contribution in [0.4, 0.5) is 5.69 Å². The Morgan fingerprint density at radius 3 is 2.66 bits per heavy atom. The highest BCUT2D eigenvalue weighted by molar-refractivity contribution is 5.99. The maximum absolute atomic E-state index is 12.7. The van der Waals surface area contributed by atoms with E-state index in [4.69, 9.17) is 4.74 Å². The molecule has 1 aromatic heterocycles. The largest absolute Gasteiger partial charge is 0.467 e. The first-order chi connectivity index (χ1) is 14.0. The second-order valence-corrected chi connectivity index (χ2v) is 6.60. The van der Waals surface area contributed by atoms with Gasteiger partial charge in [-0.1, -0.05) is 31.2 Å². The van der Waals surface area contributed by atoms with Crippen molar-refractivity contribution in [2.24, 2.45) is 0 Å². The normalized spacial score (nSPS) is 11.7. The van der Waals surface area contributed by atoms with Crippen molar-refractivity contribution in [2.75, 3.05) is 12.4 Å². The van der Waals surface area contributed by atoms with Gasteiger partial charge < -0.3 is 20.4 Å². The number of hydrogen-bond donors (Lipinski definition) is 3. The Morgan fingerprint density at radius 1 is 1.10 bits per heavy atom. The zero-order valence-electron chi connectivity index (χ0n) is 16.3. The first-order valence-electron chi connectivity index (χ1n) is 9.35. The third-order valence-corrected chi connectivity index (χ3v) is 4.62. The standard InChI is InChI=1S/C22H23N3O4/c1-3-20(26)24-16-8-6-7-14(11-16)21(27)25-19(22(28)29-2)12-15-13-23-18-10-5-4-9-17(15)18/h4-11,13,19,23H,3,12H2,1-2H3,(H,24,26)(H,25,27)/t19-/m1/s1. The van der Waals surface area contributed by atoms with Crippen LogP contribution in [0.2, 0.25) is 0 Å². The topological polar surface area (TPSA) is 100 Å². The van der Waals surface area contributed by atoms with Crippen LogP contribution in [0.3, 0.4) is 0 Å². The van der Waals surface area contributed by atoms with E-state index in [-0.39, 0.29) is 12.3 Å². The van der Waals surface area contributed by atoms with Crippen molar-refractivity contribution in [3.63, 3.8) is 0 Å². The lowest BCUT2D eigenvalue weighted by molar-refractivity contribution is -0.142. The summed E-state index contributed by atoms with van der Waals surface area (Å²) in [5.41, 5.74) is 2.72. The predicted molar refractivity (Wildman–Crippen MR) is 111 cm³/mol. The van der Waals surface area contributed by atoms with E-state index in [1.165, 1.54) is 7.11 Å². The van der Waals surface area contributed by atoms with E-state index in [9.17, 15) is 14.4 Å². The van der Waals surface area contributed by atoms with Gasteiger partial charge in [0, 0.05) is 41.2 Å². The molecule has 0 saturated heterocycles. The van der Waals surface area contributed by atoms with Gasteiger partial charge in [-0.3, -0.25) is 9.59 Å². The number of carbonyl (C=O) groups is 3. The molecule has 3 rings (SSSR count). The van der Waals surface area contributed by atoms with Crippen molar-refractivity contribution in [1.82, 2.24) is 10.3 Å². The summed E-state index contributed by atoms with van der Waals surface area (Å²) in [5.74, 6) is -1.10. The molecule has 0 radical (unpaired) electrons. The van der Waals surface area contributed by atoms with Crippen LogP contribution in [-0.4, -0.2) is 35.9 Å². The molecule has 0 saturated carbocycles. The van der Waals surface area contributed by atoms with Gasteiger partial charge in [-0.25, -0.2) is 4.79 Å². The fourth-order valence-corrected chi connectivity index (χ4v) is 3.09. The Kier molecular flexibility index (Phi) is 6.29. The molecule has 0 fully saturated rings. The third-order valence-electron chi connectivity index (χ3n) is 4.62. The molecular weight excluding hydrogens is 370 g/mol. The molecule has 0 aliphatic rings. The predicted octanol–water partition coefficient (Wildman–Crippen LogP) is 3.03. The van der Waals surface area contributed by atoms with Gasteiger partial charge in [0.1, 0.15) is 6.04 Å².